The maximum absolute atomic E-state index is 13.0. The Morgan fingerprint density at radius 2 is 1.62 bits per heavy atom. The molecule has 3 N–H and O–H groups in total. The van der Waals surface area contributed by atoms with Crippen molar-refractivity contribution in [2.45, 2.75) is 43.1 Å². The number of rotatable bonds is 4. The zero-order chi connectivity index (χ0) is 28.2. The van der Waals surface area contributed by atoms with Crippen molar-refractivity contribution in [2.75, 3.05) is 50.8 Å². The molecule has 2 aliphatic heterocycles. The molecule has 2 fully saturated rings. The van der Waals surface area contributed by atoms with Crippen LogP contribution in [0, 0.1) is 0 Å². The van der Waals surface area contributed by atoms with E-state index in [4.69, 9.17) is 14.6 Å². The topological polar surface area (TPSA) is 111 Å². The number of morpholine rings is 1. The van der Waals surface area contributed by atoms with Crippen molar-refractivity contribution >= 4 is 11.9 Å². The minimum absolute atomic E-state index is 0.0119. The lowest BCUT2D eigenvalue weighted by atomic mass is 9.95. The average Bonchev–Trinajstić information content (AvgIpc) is 2.79. The molecular formula is C19H24F9N5O4. The van der Waals surface area contributed by atoms with E-state index in [1.165, 1.54) is 0 Å². The van der Waals surface area contributed by atoms with Crippen LogP contribution in [-0.2, 0) is 15.1 Å². The van der Waals surface area contributed by atoms with Crippen LogP contribution >= 0.6 is 0 Å². The average molecular weight is 557 g/mol. The number of hydrogen-bond acceptors (Lipinski definition) is 8. The van der Waals surface area contributed by atoms with Gasteiger partial charge in [0.05, 0.1) is 19.3 Å². The van der Waals surface area contributed by atoms with Crippen molar-refractivity contribution in [3.05, 3.63) is 18.0 Å². The standard InChI is InChI=1S/C17H23F6N5O2.C2HF3O2/c1-11-10-30-5-4-27(11)9-13-8-24-2-3-28(13)14-25-6-12(7-26-14)15(29,16(18,19)20)17(21,22)23;3-2(4,5)1(6)7/h6-7,11,13,24,29H,2-5,8-10H2,1H3;(H,6,7). The first-order valence-electron chi connectivity index (χ1n) is 10.7. The Morgan fingerprint density at radius 3 is 2.08 bits per heavy atom. The summed E-state index contributed by atoms with van der Waals surface area (Å²) in [6.45, 7) is 6.07. The van der Waals surface area contributed by atoms with Crippen LogP contribution in [0.3, 0.4) is 0 Å². The summed E-state index contributed by atoms with van der Waals surface area (Å²) < 4.78 is 115. The predicted molar refractivity (Wildman–Crippen MR) is 108 cm³/mol. The summed E-state index contributed by atoms with van der Waals surface area (Å²) in [5.41, 5.74) is -6.51. The number of alkyl halides is 9. The molecule has 2 saturated heterocycles. The summed E-state index contributed by atoms with van der Waals surface area (Å²) in [6, 6.07) is 0.0497. The molecule has 0 radical (unpaired) electrons. The Bertz CT molecular complexity index is 882. The molecule has 0 saturated carbocycles. The number of anilines is 1. The molecule has 0 aliphatic carbocycles. The molecule has 2 atom stereocenters. The predicted octanol–water partition coefficient (Wildman–Crippen LogP) is 1.92. The molecule has 0 bridgehead atoms. The molecule has 0 spiro atoms. The molecule has 18 heteroatoms. The Morgan fingerprint density at radius 1 is 1.08 bits per heavy atom. The first kappa shape index (κ1) is 30.8. The molecule has 0 aromatic carbocycles. The van der Waals surface area contributed by atoms with Crippen LogP contribution in [-0.4, -0.2) is 108 Å². The number of aliphatic hydroxyl groups is 1. The monoisotopic (exact) mass is 557 g/mol. The Hall–Kier alpha value is -2.44. The highest BCUT2D eigenvalue weighted by molar-refractivity contribution is 5.73. The molecule has 9 nitrogen and oxygen atoms in total. The number of nitrogens with one attached hydrogen (secondary N) is 1. The molecule has 0 amide bonds. The van der Waals surface area contributed by atoms with E-state index in [1.807, 2.05) is 6.92 Å². The van der Waals surface area contributed by atoms with Gasteiger partial charge in [-0.3, -0.25) is 4.90 Å². The van der Waals surface area contributed by atoms with Gasteiger partial charge in [-0.05, 0) is 6.92 Å². The second-order valence-electron chi connectivity index (χ2n) is 8.25. The summed E-state index contributed by atoms with van der Waals surface area (Å²) in [6.07, 6.45) is -16.3. The van der Waals surface area contributed by atoms with E-state index >= 15 is 0 Å². The Balaban J connectivity index is 0.000000604. The Labute approximate surface area is 204 Å². The minimum Gasteiger partial charge on any atom is -0.475 e. The number of hydrogen-bond donors (Lipinski definition) is 3. The van der Waals surface area contributed by atoms with Gasteiger partial charge in [-0.15, -0.1) is 0 Å². The van der Waals surface area contributed by atoms with Crippen LogP contribution in [0.5, 0.6) is 0 Å². The molecule has 212 valence electrons. The first-order chi connectivity index (χ1) is 16.9. The van der Waals surface area contributed by atoms with Gasteiger partial charge in [-0.25, -0.2) is 14.8 Å². The molecule has 37 heavy (non-hydrogen) atoms. The second-order valence-corrected chi connectivity index (χ2v) is 8.25. The third kappa shape index (κ3) is 7.32. The van der Waals surface area contributed by atoms with E-state index in [9.17, 15) is 44.6 Å². The summed E-state index contributed by atoms with van der Waals surface area (Å²) in [5.74, 6) is -2.75. The number of piperazine rings is 1. The number of carbonyl (C=O) groups is 1. The summed E-state index contributed by atoms with van der Waals surface area (Å²) >= 11 is 0. The van der Waals surface area contributed by atoms with Crippen molar-refractivity contribution in [1.29, 1.82) is 0 Å². The van der Waals surface area contributed by atoms with Gasteiger partial charge in [0.2, 0.25) is 5.95 Å². The van der Waals surface area contributed by atoms with Crippen molar-refractivity contribution in [1.82, 2.24) is 20.2 Å². The lowest BCUT2D eigenvalue weighted by molar-refractivity contribution is -0.376. The van der Waals surface area contributed by atoms with E-state index in [1.54, 1.807) is 4.90 Å². The van der Waals surface area contributed by atoms with E-state index in [0.29, 0.717) is 51.8 Å². The number of nitrogens with zero attached hydrogens (tertiary/aromatic N) is 4. The Kier molecular flexibility index (Phi) is 9.59. The number of halogens is 9. The van der Waals surface area contributed by atoms with Crippen molar-refractivity contribution in [3.8, 4) is 0 Å². The van der Waals surface area contributed by atoms with Gasteiger partial charge in [0.1, 0.15) is 0 Å². The zero-order valence-electron chi connectivity index (χ0n) is 19.2. The van der Waals surface area contributed by atoms with Crippen LogP contribution < -0.4 is 10.2 Å². The smallest absolute Gasteiger partial charge is 0.475 e. The highest BCUT2D eigenvalue weighted by Crippen LogP contribution is 2.49. The van der Waals surface area contributed by atoms with Gasteiger partial charge in [-0.1, -0.05) is 0 Å². The highest BCUT2D eigenvalue weighted by Gasteiger charge is 2.71. The summed E-state index contributed by atoms with van der Waals surface area (Å²) in [5, 5.41) is 19.8. The molecule has 3 heterocycles. The van der Waals surface area contributed by atoms with Crippen LogP contribution in [0.2, 0.25) is 0 Å². The van der Waals surface area contributed by atoms with Crippen molar-refractivity contribution in [2.24, 2.45) is 0 Å². The number of aliphatic carboxylic acids is 1. The maximum atomic E-state index is 13.0. The fourth-order valence-electron chi connectivity index (χ4n) is 3.64. The second kappa shape index (κ2) is 11.5. The maximum Gasteiger partial charge on any atom is 0.490 e. The third-order valence-electron chi connectivity index (χ3n) is 5.68. The van der Waals surface area contributed by atoms with E-state index < -0.39 is 35.7 Å². The van der Waals surface area contributed by atoms with Crippen molar-refractivity contribution in [3.63, 3.8) is 0 Å². The lowest BCUT2D eigenvalue weighted by Gasteiger charge is -2.42. The lowest BCUT2D eigenvalue weighted by Crippen LogP contribution is -2.59. The van der Waals surface area contributed by atoms with Crippen molar-refractivity contribution < 1.29 is 59.3 Å². The molecular weight excluding hydrogens is 533 g/mol. The van der Waals surface area contributed by atoms with Gasteiger partial charge in [0, 0.05) is 56.7 Å². The number of aromatic nitrogens is 2. The summed E-state index contributed by atoms with van der Waals surface area (Å²) in [7, 11) is 0. The highest BCUT2D eigenvalue weighted by atomic mass is 19.4. The molecule has 1 aromatic heterocycles. The SMILES string of the molecule is CC1COCCN1CC1CNCCN1c1ncc(C(O)(C(F)(F)F)C(F)(F)F)cn1.O=C(O)C(F)(F)F. The van der Waals surface area contributed by atoms with Crippen LogP contribution in [0.4, 0.5) is 45.5 Å². The van der Waals surface area contributed by atoms with E-state index in [0.717, 1.165) is 6.54 Å². The quantitative estimate of drug-likeness (QED) is 0.479. The molecule has 1 aromatic rings. The normalized spacial score (nSPS) is 22.3. The number of ether oxygens (including phenoxy) is 1. The van der Waals surface area contributed by atoms with Gasteiger partial charge in [0.25, 0.3) is 5.60 Å². The van der Waals surface area contributed by atoms with Gasteiger partial charge >= 0.3 is 24.5 Å². The first-order valence-corrected chi connectivity index (χ1v) is 10.7. The van der Waals surface area contributed by atoms with Crippen LogP contribution in [0.25, 0.3) is 0 Å². The van der Waals surface area contributed by atoms with Crippen LogP contribution in [0.15, 0.2) is 12.4 Å². The van der Waals surface area contributed by atoms with Gasteiger partial charge in [-0.2, -0.15) is 39.5 Å². The van der Waals surface area contributed by atoms with Gasteiger partial charge < -0.3 is 25.2 Å². The van der Waals surface area contributed by atoms with Gasteiger partial charge in [0.15, 0.2) is 0 Å². The van der Waals surface area contributed by atoms with E-state index in [2.05, 4.69) is 20.2 Å². The number of carboxylic acids is 1. The zero-order valence-corrected chi connectivity index (χ0v) is 19.2. The molecule has 2 unspecified atom stereocenters. The fourth-order valence-corrected chi connectivity index (χ4v) is 3.64. The largest absolute Gasteiger partial charge is 0.490 e. The van der Waals surface area contributed by atoms with E-state index in [-0.39, 0.29) is 18.0 Å². The number of carboxylic acid groups (broad SMARTS) is 1. The van der Waals surface area contributed by atoms with Crippen LogP contribution in [0.1, 0.15) is 12.5 Å². The summed E-state index contributed by atoms with van der Waals surface area (Å²) in [4.78, 5) is 20.3. The molecule has 3 rings (SSSR count). The molecule has 2 aliphatic rings. The fraction of sp³-hybridized carbons (Fsp3) is 0.737. The third-order valence-corrected chi connectivity index (χ3v) is 5.68. The minimum atomic E-state index is -5.97.